The van der Waals surface area contributed by atoms with Crippen molar-refractivity contribution < 1.29 is 9.53 Å². The first-order valence-corrected chi connectivity index (χ1v) is 12.0. The number of carbonyl (C=O) groups excluding carboxylic acids is 1. The van der Waals surface area contributed by atoms with Crippen LogP contribution in [0.5, 0.6) is 5.75 Å². The summed E-state index contributed by atoms with van der Waals surface area (Å²) < 4.78 is 7.85. The third-order valence-corrected chi connectivity index (χ3v) is 7.26. The minimum Gasteiger partial charge on any atom is -0.496 e. The van der Waals surface area contributed by atoms with Crippen molar-refractivity contribution in [3.63, 3.8) is 0 Å². The quantitative estimate of drug-likeness (QED) is 0.371. The molecule has 1 aliphatic carbocycles. The van der Waals surface area contributed by atoms with Gasteiger partial charge in [0, 0.05) is 41.2 Å². The molecule has 0 aliphatic heterocycles. The number of benzene rings is 3. The first kappa shape index (κ1) is 22.3. The summed E-state index contributed by atoms with van der Waals surface area (Å²) in [7, 11) is 1.66. The lowest BCUT2D eigenvalue weighted by atomic mass is 10.0. The predicted octanol–water partition coefficient (Wildman–Crippen LogP) is 6.04. The maximum absolute atomic E-state index is 13.0. The monoisotopic (exact) mass is 452 g/mol. The Morgan fingerprint density at radius 2 is 1.76 bits per heavy atom. The maximum Gasteiger partial charge on any atom is 0.224 e. The third-order valence-electron chi connectivity index (χ3n) is 7.26. The highest BCUT2D eigenvalue weighted by atomic mass is 16.5. The van der Waals surface area contributed by atoms with Gasteiger partial charge in [0.15, 0.2) is 0 Å². The van der Waals surface area contributed by atoms with E-state index < -0.39 is 0 Å². The standard InChI is InChI=1S/C30H32N2O2/c1-19-13-14-20(2)23(15-19)18-32-21(3)29(24-10-6-7-11-27(24)32)25-16-26(25)30(33)31-17-22-9-5-8-12-28(22)34-4/h5-15,25-26H,16-18H2,1-4H3,(H,31,33)/t25-,26-/m0/s1. The summed E-state index contributed by atoms with van der Waals surface area (Å²) in [5.41, 5.74) is 8.78. The molecular formula is C30H32N2O2. The zero-order valence-corrected chi connectivity index (χ0v) is 20.4. The summed E-state index contributed by atoms with van der Waals surface area (Å²) in [5.74, 6) is 1.22. The Balaban J connectivity index is 1.39. The van der Waals surface area contributed by atoms with Gasteiger partial charge >= 0.3 is 0 Å². The summed E-state index contributed by atoms with van der Waals surface area (Å²) in [6.45, 7) is 7.87. The van der Waals surface area contributed by atoms with Gasteiger partial charge in [-0.15, -0.1) is 0 Å². The van der Waals surface area contributed by atoms with E-state index in [1.165, 1.54) is 38.9 Å². The van der Waals surface area contributed by atoms with E-state index in [9.17, 15) is 4.79 Å². The van der Waals surface area contributed by atoms with Gasteiger partial charge in [0.25, 0.3) is 0 Å². The van der Waals surface area contributed by atoms with Crippen LogP contribution in [0.25, 0.3) is 10.9 Å². The number of fused-ring (bicyclic) bond motifs is 1. The van der Waals surface area contributed by atoms with Crippen molar-refractivity contribution in [2.24, 2.45) is 5.92 Å². The normalized spacial score (nSPS) is 17.1. The smallest absolute Gasteiger partial charge is 0.224 e. The van der Waals surface area contributed by atoms with E-state index in [4.69, 9.17) is 4.74 Å². The summed E-state index contributed by atoms with van der Waals surface area (Å²) in [6, 6.07) is 23.1. The molecule has 4 aromatic rings. The first-order chi connectivity index (χ1) is 16.5. The summed E-state index contributed by atoms with van der Waals surface area (Å²) in [5, 5.41) is 4.41. The van der Waals surface area contributed by atoms with Crippen LogP contribution in [0.3, 0.4) is 0 Å². The number of hydrogen-bond acceptors (Lipinski definition) is 2. The lowest BCUT2D eigenvalue weighted by Crippen LogP contribution is -2.25. The second-order valence-corrected chi connectivity index (χ2v) is 9.51. The van der Waals surface area contributed by atoms with Crippen LogP contribution in [0.2, 0.25) is 0 Å². The second-order valence-electron chi connectivity index (χ2n) is 9.51. The highest BCUT2D eigenvalue weighted by Gasteiger charge is 2.46. The van der Waals surface area contributed by atoms with Crippen LogP contribution >= 0.6 is 0 Å². The number of aromatic nitrogens is 1. The number of nitrogens with zero attached hydrogens (tertiary/aromatic N) is 1. The fourth-order valence-electron chi connectivity index (χ4n) is 5.24. The van der Waals surface area contributed by atoms with Gasteiger partial charge in [-0.25, -0.2) is 0 Å². The van der Waals surface area contributed by atoms with E-state index >= 15 is 0 Å². The van der Waals surface area contributed by atoms with E-state index in [-0.39, 0.29) is 17.7 Å². The van der Waals surface area contributed by atoms with Gasteiger partial charge in [0.05, 0.1) is 7.11 Å². The molecule has 1 saturated carbocycles. The fourth-order valence-corrected chi connectivity index (χ4v) is 5.24. The average Bonchev–Trinajstić information content (AvgIpc) is 3.59. The number of nitrogens with one attached hydrogen (secondary N) is 1. The maximum atomic E-state index is 13.0. The van der Waals surface area contributed by atoms with Gasteiger partial charge in [-0.05, 0) is 61.9 Å². The van der Waals surface area contributed by atoms with Crippen molar-refractivity contribution in [2.45, 2.75) is 46.2 Å². The van der Waals surface area contributed by atoms with Gasteiger partial charge in [-0.2, -0.15) is 0 Å². The van der Waals surface area contributed by atoms with Gasteiger partial charge in [0.1, 0.15) is 5.75 Å². The molecule has 0 saturated heterocycles. The van der Waals surface area contributed by atoms with Crippen LogP contribution in [0.15, 0.2) is 66.7 Å². The molecule has 2 atom stereocenters. The van der Waals surface area contributed by atoms with Crippen LogP contribution < -0.4 is 10.1 Å². The molecule has 34 heavy (non-hydrogen) atoms. The van der Waals surface area contributed by atoms with Crippen molar-refractivity contribution in [3.8, 4) is 5.75 Å². The molecule has 0 spiro atoms. The molecule has 1 N–H and O–H groups in total. The minimum atomic E-state index is 0.0216. The predicted molar refractivity (Wildman–Crippen MR) is 137 cm³/mol. The zero-order chi connectivity index (χ0) is 23.8. The summed E-state index contributed by atoms with van der Waals surface area (Å²) in [4.78, 5) is 13.0. The van der Waals surface area contributed by atoms with E-state index in [1.807, 2.05) is 24.3 Å². The van der Waals surface area contributed by atoms with Crippen molar-refractivity contribution >= 4 is 16.8 Å². The summed E-state index contributed by atoms with van der Waals surface area (Å²) >= 11 is 0. The van der Waals surface area contributed by atoms with Crippen LogP contribution in [-0.2, 0) is 17.9 Å². The number of aryl methyl sites for hydroxylation is 2. The number of rotatable bonds is 7. The van der Waals surface area contributed by atoms with E-state index in [1.54, 1.807) is 7.11 Å². The first-order valence-electron chi connectivity index (χ1n) is 12.0. The zero-order valence-electron chi connectivity index (χ0n) is 20.4. The lowest BCUT2D eigenvalue weighted by Gasteiger charge is -2.12. The van der Waals surface area contributed by atoms with Crippen LogP contribution in [0.4, 0.5) is 0 Å². The molecule has 1 heterocycles. The highest BCUT2D eigenvalue weighted by Crippen LogP contribution is 2.51. The molecule has 1 fully saturated rings. The minimum absolute atomic E-state index is 0.0216. The Labute approximate surface area is 201 Å². The summed E-state index contributed by atoms with van der Waals surface area (Å²) in [6.07, 6.45) is 0.899. The van der Waals surface area contributed by atoms with Crippen molar-refractivity contribution in [2.75, 3.05) is 7.11 Å². The topological polar surface area (TPSA) is 43.3 Å². The Bertz CT molecular complexity index is 1370. The van der Waals surface area contributed by atoms with Gasteiger partial charge in [-0.3, -0.25) is 4.79 Å². The molecule has 3 aromatic carbocycles. The third kappa shape index (κ3) is 4.09. The molecule has 174 valence electrons. The average molecular weight is 453 g/mol. The number of hydrogen-bond donors (Lipinski definition) is 1. The molecule has 1 amide bonds. The largest absolute Gasteiger partial charge is 0.496 e. The molecule has 4 nitrogen and oxygen atoms in total. The molecule has 0 bridgehead atoms. The molecule has 0 radical (unpaired) electrons. The Kier molecular flexibility index (Phi) is 5.91. The number of carbonyl (C=O) groups is 1. The van der Waals surface area contributed by atoms with E-state index in [0.717, 1.165) is 24.3 Å². The Morgan fingerprint density at radius 3 is 2.59 bits per heavy atom. The van der Waals surface area contributed by atoms with E-state index in [2.05, 4.69) is 73.1 Å². The molecule has 0 unspecified atom stereocenters. The van der Waals surface area contributed by atoms with Gasteiger partial charge in [-0.1, -0.05) is 60.2 Å². The van der Waals surface area contributed by atoms with Crippen molar-refractivity contribution in [1.29, 1.82) is 0 Å². The SMILES string of the molecule is COc1ccccc1CNC(=O)[C@H]1C[C@@H]1c1c(C)n(Cc2cc(C)ccc2C)c2ccccc12. The van der Waals surface area contributed by atoms with Gasteiger partial charge < -0.3 is 14.6 Å². The highest BCUT2D eigenvalue weighted by molar-refractivity contribution is 5.90. The van der Waals surface area contributed by atoms with Crippen molar-refractivity contribution in [3.05, 3.63) is 100 Å². The van der Waals surface area contributed by atoms with E-state index in [0.29, 0.717) is 6.54 Å². The molecule has 4 heteroatoms. The van der Waals surface area contributed by atoms with Crippen LogP contribution in [0.1, 0.15) is 45.8 Å². The van der Waals surface area contributed by atoms with Crippen LogP contribution in [0, 0.1) is 26.7 Å². The molecule has 1 aromatic heterocycles. The second kappa shape index (κ2) is 9.02. The fraction of sp³-hybridized carbons (Fsp3) is 0.300. The number of para-hydroxylation sites is 2. The number of methoxy groups -OCH3 is 1. The molecular weight excluding hydrogens is 420 g/mol. The number of ether oxygens (including phenoxy) is 1. The molecule has 5 rings (SSSR count). The van der Waals surface area contributed by atoms with Crippen molar-refractivity contribution in [1.82, 2.24) is 9.88 Å². The lowest BCUT2D eigenvalue weighted by molar-refractivity contribution is -0.122. The number of amides is 1. The molecule has 1 aliphatic rings. The Hall–Kier alpha value is -3.53. The Morgan fingerprint density at radius 1 is 1.00 bits per heavy atom. The van der Waals surface area contributed by atoms with Gasteiger partial charge in [0.2, 0.25) is 5.91 Å². The van der Waals surface area contributed by atoms with Crippen LogP contribution in [-0.4, -0.2) is 17.6 Å².